The van der Waals surface area contributed by atoms with Crippen molar-refractivity contribution in [2.24, 2.45) is 17.3 Å². The topological polar surface area (TPSA) is 123 Å². The SMILES string of the molecule is Cn1nc(-c2ccccc2)c(C#N)c1/N=N/c1c(-c2ccccc2)nn(-c2ccncc2)c1N. The Morgan fingerprint density at radius 3 is 2.06 bits per heavy atom. The second-order valence-electron chi connectivity index (χ2n) is 7.41. The van der Waals surface area contributed by atoms with Gasteiger partial charge in [0.25, 0.3) is 0 Å². The average Bonchev–Trinajstić information content (AvgIpc) is 3.40. The maximum atomic E-state index is 9.86. The third-order valence-corrected chi connectivity index (χ3v) is 5.27. The molecule has 0 aliphatic heterocycles. The number of anilines is 1. The van der Waals surface area contributed by atoms with Crippen LogP contribution in [0.2, 0.25) is 0 Å². The van der Waals surface area contributed by atoms with Crippen molar-refractivity contribution < 1.29 is 0 Å². The molecule has 5 rings (SSSR count). The average molecular weight is 445 g/mol. The van der Waals surface area contributed by atoms with Crippen molar-refractivity contribution in [1.82, 2.24) is 24.5 Å². The third-order valence-electron chi connectivity index (χ3n) is 5.27. The Labute approximate surface area is 195 Å². The van der Waals surface area contributed by atoms with Crippen molar-refractivity contribution in [3.63, 3.8) is 0 Å². The Morgan fingerprint density at radius 1 is 0.824 bits per heavy atom. The molecule has 0 bridgehead atoms. The number of nitrogen functional groups attached to an aromatic ring is 1. The van der Waals surface area contributed by atoms with Crippen molar-refractivity contribution in [1.29, 1.82) is 5.26 Å². The molecule has 9 nitrogen and oxygen atoms in total. The number of nitrogens with zero attached hydrogens (tertiary/aromatic N) is 8. The third kappa shape index (κ3) is 3.69. The van der Waals surface area contributed by atoms with Gasteiger partial charge in [0.05, 0.1) is 5.69 Å². The molecule has 3 heterocycles. The van der Waals surface area contributed by atoms with Crippen LogP contribution in [0.4, 0.5) is 17.3 Å². The van der Waals surface area contributed by atoms with Gasteiger partial charge in [0, 0.05) is 30.6 Å². The number of nitriles is 1. The van der Waals surface area contributed by atoms with Crippen LogP contribution in [0.3, 0.4) is 0 Å². The van der Waals surface area contributed by atoms with E-state index >= 15 is 0 Å². The summed E-state index contributed by atoms with van der Waals surface area (Å²) in [6, 6.07) is 24.9. The van der Waals surface area contributed by atoms with E-state index in [9.17, 15) is 5.26 Å². The fourth-order valence-electron chi connectivity index (χ4n) is 3.62. The van der Waals surface area contributed by atoms with E-state index in [4.69, 9.17) is 10.8 Å². The summed E-state index contributed by atoms with van der Waals surface area (Å²) in [6.45, 7) is 0. The monoisotopic (exact) mass is 445 g/mol. The lowest BCUT2D eigenvalue weighted by molar-refractivity contribution is 0.767. The highest BCUT2D eigenvalue weighted by molar-refractivity contribution is 5.81. The molecule has 2 aromatic carbocycles. The molecule has 0 aliphatic carbocycles. The predicted molar refractivity (Wildman–Crippen MR) is 129 cm³/mol. The summed E-state index contributed by atoms with van der Waals surface area (Å²) >= 11 is 0. The predicted octanol–water partition coefficient (Wildman–Crippen LogP) is 5.20. The van der Waals surface area contributed by atoms with Gasteiger partial charge in [-0.3, -0.25) is 4.98 Å². The van der Waals surface area contributed by atoms with Crippen LogP contribution in [0.5, 0.6) is 0 Å². The number of benzene rings is 2. The van der Waals surface area contributed by atoms with Gasteiger partial charge in [-0.2, -0.15) is 15.5 Å². The number of azo groups is 1. The molecule has 0 spiro atoms. The van der Waals surface area contributed by atoms with E-state index in [-0.39, 0.29) is 0 Å². The molecule has 9 heteroatoms. The standard InChI is InChI=1S/C25H19N9/c1-33-25(20(16-26)21(31-33)17-8-4-2-5-9-17)30-29-23-22(18-10-6-3-7-11-18)32-34(24(23)27)19-12-14-28-15-13-19/h2-15H,27H2,1H3/b30-29+. The smallest absolute Gasteiger partial charge is 0.191 e. The number of hydrogen-bond acceptors (Lipinski definition) is 7. The molecule has 0 atom stereocenters. The molecule has 34 heavy (non-hydrogen) atoms. The molecule has 0 aliphatic rings. The number of rotatable bonds is 5. The molecular weight excluding hydrogens is 426 g/mol. The lowest BCUT2D eigenvalue weighted by Crippen LogP contribution is -2.01. The minimum Gasteiger partial charge on any atom is -0.382 e. The van der Waals surface area contributed by atoms with E-state index in [0.717, 1.165) is 16.8 Å². The van der Waals surface area contributed by atoms with Gasteiger partial charge in [-0.1, -0.05) is 60.7 Å². The maximum absolute atomic E-state index is 9.86. The summed E-state index contributed by atoms with van der Waals surface area (Å²) in [6.07, 6.45) is 3.33. The second kappa shape index (κ2) is 8.80. The fourth-order valence-corrected chi connectivity index (χ4v) is 3.62. The Morgan fingerprint density at radius 2 is 1.44 bits per heavy atom. The summed E-state index contributed by atoms with van der Waals surface area (Å²) in [7, 11) is 1.73. The quantitative estimate of drug-likeness (QED) is 0.372. The van der Waals surface area contributed by atoms with Crippen molar-refractivity contribution >= 4 is 17.3 Å². The molecular formula is C25H19N9. The van der Waals surface area contributed by atoms with E-state index in [2.05, 4.69) is 26.4 Å². The number of hydrogen-bond donors (Lipinski definition) is 1. The van der Waals surface area contributed by atoms with E-state index in [1.165, 1.54) is 4.68 Å². The molecule has 0 amide bonds. The molecule has 0 unspecified atom stereocenters. The first-order valence-electron chi connectivity index (χ1n) is 10.5. The summed E-state index contributed by atoms with van der Waals surface area (Å²) in [5.41, 5.74) is 10.7. The Bertz CT molecular complexity index is 1510. The number of nitrogens with two attached hydrogens (primary N) is 1. The highest BCUT2D eigenvalue weighted by Gasteiger charge is 2.21. The molecule has 0 fully saturated rings. The molecule has 0 radical (unpaired) electrons. The summed E-state index contributed by atoms with van der Waals surface area (Å²) in [5, 5.41) is 27.9. The molecule has 164 valence electrons. The summed E-state index contributed by atoms with van der Waals surface area (Å²) < 4.78 is 3.14. The van der Waals surface area contributed by atoms with Crippen LogP contribution in [0.15, 0.2) is 95.4 Å². The van der Waals surface area contributed by atoms with Crippen LogP contribution in [-0.2, 0) is 7.05 Å². The lowest BCUT2D eigenvalue weighted by Gasteiger charge is -2.02. The zero-order valence-electron chi connectivity index (χ0n) is 18.2. The van der Waals surface area contributed by atoms with E-state index < -0.39 is 0 Å². The van der Waals surface area contributed by atoms with Gasteiger partial charge in [0.15, 0.2) is 17.3 Å². The largest absolute Gasteiger partial charge is 0.382 e. The Hall–Kier alpha value is -5.10. The fraction of sp³-hybridized carbons (Fsp3) is 0.0400. The van der Waals surface area contributed by atoms with Gasteiger partial charge in [-0.15, -0.1) is 10.2 Å². The first kappa shape index (κ1) is 20.8. The molecule has 3 aromatic heterocycles. The highest BCUT2D eigenvalue weighted by atomic mass is 15.4. The minimum absolute atomic E-state index is 0.317. The van der Waals surface area contributed by atoms with Crippen LogP contribution in [0, 0.1) is 11.3 Å². The Kier molecular flexibility index (Phi) is 5.38. The van der Waals surface area contributed by atoms with Gasteiger partial charge in [-0.25, -0.2) is 9.36 Å². The molecule has 0 saturated carbocycles. The summed E-state index contributed by atoms with van der Waals surface area (Å²) in [5.74, 6) is 0.647. The first-order valence-corrected chi connectivity index (χ1v) is 10.5. The van der Waals surface area contributed by atoms with Crippen LogP contribution in [-0.4, -0.2) is 24.5 Å². The van der Waals surface area contributed by atoms with Crippen LogP contribution < -0.4 is 5.73 Å². The van der Waals surface area contributed by atoms with Crippen LogP contribution in [0.1, 0.15) is 5.56 Å². The van der Waals surface area contributed by atoms with Gasteiger partial charge < -0.3 is 5.73 Å². The van der Waals surface area contributed by atoms with E-state index in [1.54, 1.807) is 36.3 Å². The van der Waals surface area contributed by atoms with E-state index in [1.807, 2.05) is 60.7 Å². The van der Waals surface area contributed by atoms with Crippen molar-refractivity contribution in [3.8, 4) is 34.3 Å². The maximum Gasteiger partial charge on any atom is 0.191 e. The Balaban J connectivity index is 1.64. The summed E-state index contributed by atoms with van der Waals surface area (Å²) in [4.78, 5) is 4.06. The lowest BCUT2D eigenvalue weighted by atomic mass is 10.1. The van der Waals surface area contributed by atoms with E-state index in [0.29, 0.717) is 34.3 Å². The van der Waals surface area contributed by atoms with Gasteiger partial charge in [0.2, 0.25) is 0 Å². The van der Waals surface area contributed by atoms with Crippen molar-refractivity contribution in [2.75, 3.05) is 5.73 Å². The number of pyridine rings is 1. The molecule has 0 saturated heterocycles. The van der Waals surface area contributed by atoms with Crippen LogP contribution >= 0.6 is 0 Å². The first-order chi connectivity index (χ1) is 16.7. The number of aryl methyl sites for hydroxylation is 1. The zero-order chi connectivity index (χ0) is 23.5. The molecule has 2 N–H and O–H groups in total. The zero-order valence-corrected chi connectivity index (χ0v) is 18.2. The second-order valence-corrected chi connectivity index (χ2v) is 7.41. The van der Waals surface area contributed by atoms with Gasteiger partial charge in [-0.05, 0) is 12.1 Å². The number of aromatic nitrogens is 5. The van der Waals surface area contributed by atoms with Gasteiger partial charge >= 0.3 is 0 Å². The minimum atomic E-state index is 0.317. The highest BCUT2D eigenvalue weighted by Crippen LogP contribution is 2.38. The normalized spacial score (nSPS) is 11.1. The molecule has 5 aromatic rings. The van der Waals surface area contributed by atoms with Crippen molar-refractivity contribution in [3.05, 3.63) is 90.8 Å². The van der Waals surface area contributed by atoms with Gasteiger partial charge in [0.1, 0.15) is 23.0 Å². The van der Waals surface area contributed by atoms with Crippen molar-refractivity contribution in [2.45, 2.75) is 0 Å². The van der Waals surface area contributed by atoms with Crippen LogP contribution in [0.25, 0.3) is 28.2 Å².